The molecule has 0 atom stereocenters. The second-order valence-electron chi connectivity index (χ2n) is 5.24. The first kappa shape index (κ1) is 17.4. The molecule has 1 N–H and O–H groups in total. The SMILES string of the molecule is O=C(Cc1csc(Cc2cccc(Cl)c2)n1)Nc1ccccc1I. The van der Waals surface area contributed by atoms with Crippen molar-refractivity contribution in [3.8, 4) is 0 Å². The van der Waals surface area contributed by atoms with Gasteiger partial charge in [0.2, 0.25) is 5.91 Å². The number of benzene rings is 2. The smallest absolute Gasteiger partial charge is 0.230 e. The van der Waals surface area contributed by atoms with E-state index in [1.54, 1.807) is 11.3 Å². The first-order valence-electron chi connectivity index (χ1n) is 7.32. The maximum absolute atomic E-state index is 12.2. The van der Waals surface area contributed by atoms with E-state index in [2.05, 4.69) is 32.9 Å². The number of nitrogens with zero attached hydrogens (tertiary/aromatic N) is 1. The quantitative estimate of drug-likeness (QED) is 0.525. The van der Waals surface area contributed by atoms with Crippen molar-refractivity contribution in [1.82, 2.24) is 4.98 Å². The van der Waals surface area contributed by atoms with Crippen LogP contribution in [-0.4, -0.2) is 10.9 Å². The van der Waals surface area contributed by atoms with Gasteiger partial charge in [-0.25, -0.2) is 4.98 Å². The van der Waals surface area contributed by atoms with E-state index in [9.17, 15) is 4.79 Å². The van der Waals surface area contributed by atoms with Gasteiger partial charge in [0.15, 0.2) is 0 Å². The lowest BCUT2D eigenvalue weighted by Gasteiger charge is -2.05. The molecule has 3 aromatic rings. The molecule has 0 saturated heterocycles. The molecule has 3 nitrogen and oxygen atoms in total. The highest BCUT2D eigenvalue weighted by Crippen LogP contribution is 2.19. The van der Waals surface area contributed by atoms with Crippen molar-refractivity contribution in [2.75, 3.05) is 5.32 Å². The average molecular weight is 469 g/mol. The number of para-hydroxylation sites is 1. The zero-order valence-corrected chi connectivity index (χ0v) is 16.4. The highest BCUT2D eigenvalue weighted by molar-refractivity contribution is 14.1. The number of hydrogen-bond donors (Lipinski definition) is 1. The molecule has 0 aliphatic heterocycles. The fraction of sp³-hybridized carbons (Fsp3) is 0.111. The predicted octanol–water partition coefficient (Wildman–Crippen LogP) is 5.17. The van der Waals surface area contributed by atoms with Crippen LogP contribution in [0.3, 0.4) is 0 Å². The summed E-state index contributed by atoms with van der Waals surface area (Å²) >= 11 is 9.78. The molecule has 1 heterocycles. The largest absolute Gasteiger partial charge is 0.325 e. The van der Waals surface area contributed by atoms with E-state index in [1.807, 2.05) is 53.9 Å². The fourth-order valence-electron chi connectivity index (χ4n) is 2.25. The molecule has 24 heavy (non-hydrogen) atoms. The van der Waals surface area contributed by atoms with Crippen molar-refractivity contribution in [1.29, 1.82) is 0 Å². The van der Waals surface area contributed by atoms with Crippen molar-refractivity contribution in [3.63, 3.8) is 0 Å². The van der Waals surface area contributed by atoms with Gasteiger partial charge in [-0.1, -0.05) is 35.9 Å². The molecule has 1 aromatic heterocycles. The summed E-state index contributed by atoms with van der Waals surface area (Å²) in [6.45, 7) is 0. The van der Waals surface area contributed by atoms with Crippen molar-refractivity contribution >= 4 is 57.1 Å². The number of anilines is 1. The van der Waals surface area contributed by atoms with Gasteiger partial charge in [-0.05, 0) is 52.4 Å². The number of thiazole rings is 1. The molecule has 0 fully saturated rings. The van der Waals surface area contributed by atoms with Crippen molar-refractivity contribution in [3.05, 3.63) is 78.8 Å². The second kappa shape index (κ2) is 8.09. The minimum Gasteiger partial charge on any atom is -0.325 e. The molecule has 0 unspecified atom stereocenters. The van der Waals surface area contributed by atoms with E-state index in [0.717, 1.165) is 37.0 Å². The number of amides is 1. The lowest BCUT2D eigenvalue weighted by Crippen LogP contribution is -2.15. The molecular weight excluding hydrogens is 455 g/mol. The molecule has 0 radical (unpaired) electrons. The molecule has 0 spiro atoms. The third-order valence-corrected chi connectivity index (χ3v) is 5.41. The fourth-order valence-corrected chi connectivity index (χ4v) is 3.82. The molecule has 0 aliphatic rings. The summed E-state index contributed by atoms with van der Waals surface area (Å²) in [5.74, 6) is -0.0567. The number of rotatable bonds is 5. The van der Waals surface area contributed by atoms with Crippen LogP contribution in [0.1, 0.15) is 16.3 Å². The maximum Gasteiger partial charge on any atom is 0.230 e. The Kier molecular flexibility index (Phi) is 5.86. The molecule has 1 amide bonds. The number of halogens is 2. The van der Waals surface area contributed by atoms with Gasteiger partial charge in [-0.15, -0.1) is 11.3 Å². The first-order valence-corrected chi connectivity index (χ1v) is 9.66. The highest BCUT2D eigenvalue weighted by atomic mass is 127. The number of aromatic nitrogens is 1. The summed E-state index contributed by atoms with van der Waals surface area (Å²) in [7, 11) is 0. The Labute approximate surface area is 163 Å². The third-order valence-electron chi connectivity index (χ3n) is 3.33. The summed E-state index contributed by atoms with van der Waals surface area (Å²) in [5, 5.41) is 6.57. The average Bonchev–Trinajstić information content (AvgIpc) is 2.96. The van der Waals surface area contributed by atoms with Gasteiger partial charge in [0.25, 0.3) is 0 Å². The van der Waals surface area contributed by atoms with E-state index in [0.29, 0.717) is 0 Å². The molecule has 2 aromatic carbocycles. The van der Waals surface area contributed by atoms with Crippen molar-refractivity contribution < 1.29 is 4.79 Å². The molecule has 122 valence electrons. The van der Waals surface area contributed by atoms with Crippen LogP contribution in [0.25, 0.3) is 0 Å². The van der Waals surface area contributed by atoms with Crippen LogP contribution in [-0.2, 0) is 17.6 Å². The van der Waals surface area contributed by atoms with Gasteiger partial charge >= 0.3 is 0 Å². The van der Waals surface area contributed by atoms with Crippen molar-refractivity contribution in [2.24, 2.45) is 0 Å². The van der Waals surface area contributed by atoms with Crippen LogP contribution >= 0.6 is 45.5 Å². The van der Waals surface area contributed by atoms with Gasteiger partial charge in [0, 0.05) is 20.4 Å². The molecule has 0 aliphatic carbocycles. The Balaban J connectivity index is 1.61. The molecule has 6 heteroatoms. The Morgan fingerprint density at radius 1 is 1.21 bits per heavy atom. The Bertz CT molecular complexity index is 865. The Morgan fingerprint density at radius 2 is 2.04 bits per heavy atom. The zero-order valence-electron chi connectivity index (χ0n) is 12.6. The number of carbonyl (C=O) groups is 1. The minimum absolute atomic E-state index is 0.0567. The van der Waals surface area contributed by atoms with E-state index in [-0.39, 0.29) is 12.3 Å². The second-order valence-corrected chi connectivity index (χ2v) is 7.79. The van der Waals surface area contributed by atoms with E-state index >= 15 is 0 Å². The van der Waals surface area contributed by atoms with Crippen LogP contribution in [0.15, 0.2) is 53.9 Å². The molecule has 0 saturated carbocycles. The molecular formula is C18H14ClIN2OS. The van der Waals surface area contributed by atoms with Gasteiger partial charge in [0.05, 0.1) is 22.8 Å². The lowest BCUT2D eigenvalue weighted by atomic mass is 10.2. The zero-order chi connectivity index (χ0) is 16.9. The highest BCUT2D eigenvalue weighted by Gasteiger charge is 2.10. The third kappa shape index (κ3) is 4.78. The van der Waals surface area contributed by atoms with Crippen LogP contribution < -0.4 is 5.32 Å². The summed E-state index contributed by atoms with van der Waals surface area (Å²) in [6.07, 6.45) is 1.00. The summed E-state index contributed by atoms with van der Waals surface area (Å²) in [6, 6.07) is 15.5. The Morgan fingerprint density at radius 3 is 2.83 bits per heavy atom. The number of carbonyl (C=O) groups excluding carboxylic acids is 1. The topological polar surface area (TPSA) is 42.0 Å². The molecule has 0 bridgehead atoms. The predicted molar refractivity (Wildman–Crippen MR) is 108 cm³/mol. The number of nitrogens with one attached hydrogen (secondary N) is 1. The van der Waals surface area contributed by atoms with Gasteiger partial charge in [-0.2, -0.15) is 0 Å². The number of hydrogen-bond acceptors (Lipinski definition) is 3. The first-order chi connectivity index (χ1) is 11.6. The summed E-state index contributed by atoms with van der Waals surface area (Å²) < 4.78 is 1.02. The van der Waals surface area contributed by atoms with Gasteiger partial charge < -0.3 is 5.32 Å². The lowest BCUT2D eigenvalue weighted by molar-refractivity contribution is -0.115. The normalized spacial score (nSPS) is 10.6. The standard InChI is InChI=1S/C18H14ClIN2OS/c19-13-5-3-4-12(8-13)9-18-21-14(11-24-18)10-17(23)22-16-7-2-1-6-15(16)20/h1-8,11H,9-10H2,(H,22,23). The molecule has 3 rings (SSSR count). The van der Waals surface area contributed by atoms with Gasteiger partial charge in [-0.3, -0.25) is 4.79 Å². The van der Waals surface area contributed by atoms with Gasteiger partial charge in [0.1, 0.15) is 0 Å². The summed E-state index contributed by atoms with van der Waals surface area (Å²) in [5.41, 5.74) is 2.74. The van der Waals surface area contributed by atoms with Crippen LogP contribution in [0.2, 0.25) is 5.02 Å². The monoisotopic (exact) mass is 468 g/mol. The van der Waals surface area contributed by atoms with Crippen LogP contribution in [0.5, 0.6) is 0 Å². The van der Waals surface area contributed by atoms with Crippen molar-refractivity contribution in [2.45, 2.75) is 12.8 Å². The minimum atomic E-state index is -0.0567. The van der Waals surface area contributed by atoms with E-state index < -0.39 is 0 Å². The van der Waals surface area contributed by atoms with Crippen LogP contribution in [0, 0.1) is 3.57 Å². The van der Waals surface area contributed by atoms with Crippen LogP contribution in [0.4, 0.5) is 5.69 Å². The Hall–Kier alpha value is -1.44. The van der Waals surface area contributed by atoms with E-state index in [1.165, 1.54) is 0 Å². The summed E-state index contributed by atoms with van der Waals surface area (Å²) in [4.78, 5) is 16.7. The maximum atomic E-state index is 12.2. The van der Waals surface area contributed by atoms with E-state index in [4.69, 9.17) is 11.6 Å².